The van der Waals surface area contributed by atoms with Crippen molar-refractivity contribution in [2.75, 3.05) is 25.9 Å². The van der Waals surface area contributed by atoms with Crippen LogP contribution in [0.4, 0.5) is 5.82 Å². The van der Waals surface area contributed by atoms with E-state index in [9.17, 15) is 4.79 Å². The number of benzene rings is 1. The number of methoxy groups -OCH3 is 1. The number of ether oxygens (including phenoxy) is 1. The Hall–Kier alpha value is -3.33. The molecule has 0 spiro atoms. The van der Waals surface area contributed by atoms with Gasteiger partial charge < -0.3 is 25.5 Å². The number of anilines is 1. The molecule has 3 rings (SSSR count). The molecule has 2 heterocycles. The normalized spacial score (nSPS) is 10.7. The SMILES string of the molecule is COc1cccc(-c2ccc(CNCCNC(=O)c3nonc3N)o2)c1. The summed E-state index contributed by atoms with van der Waals surface area (Å²) in [6.07, 6.45) is 0. The summed E-state index contributed by atoms with van der Waals surface area (Å²) < 4.78 is 15.4. The second-order valence-corrected chi connectivity index (χ2v) is 5.43. The fourth-order valence-corrected chi connectivity index (χ4v) is 2.32. The van der Waals surface area contributed by atoms with Crippen LogP contribution in [0.25, 0.3) is 11.3 Å². The monoisotopic (exact) mass is 357 g/mol. The van der Waals surface area contributed by atoms with E-state index in [1.807, 2.05) is 36.4 Å². The average molecular weight is 357 g/mol. The van der Waals surface area contributed by atoms with Gasteiger partial charge in [0, 0.05) is 18.7 Å². The van der Waals surface area contributed by atoms with Crippen LogP contribution < -0.4 is 21.1 Å². The van der Waals surface area contributed by atoms with Crippen LogP contribution >= 0.6 is 0 Å². The molecule has 0 fully saturated rings. The van der Waals surface area contributed by atoms with Gasteiger partial charge in [-0.1, -0.05) is 12.1 Å². The van der Waals surface area contributed by atoms with Gasteiger partial charge in [-0.2, -0.15) is 0 Å². The lowest BCUT2D eigenvalue weighted by atomic mass is 10.2. The van der Waals surface area contributed by atoms with Crippen LogP contribution in [0.2, 0.25) is 0 Å². The van der Waals surface area contributed by atoms with Crippen molar-refractivity contribution in [1.29, 1.82) is 0 Å². The lowest BCUT2D eigenvalue weighted by Gasteiger charge is -2.04. The molecule has 3 aromatic rings. The van der Waals surface area contributed by atoms with Gasteiger partial charge in [0.05, 0.1) is 13.7 Å². The lowest BCUT2D eigenvalue weighted by Crippen LogP contribution is -2.32. The summed E-state index contributed by atoms with van der Waals surface area (Å²) >= 11 is 0. The van der Waals surface area contributed by atoms with Crippen LogP contribution in [0.15, 0.2) is 45.4 Å². The number of hydrogen-bond acceptors (Lipinski definition) is 8. The van der Waals surface area contributed by atoms with E-state index < -0.39 is 5.91 Å². The van der Waals surface area contributed by atoms with Gasteiger partial charge in [0.2, 0.25) is 11.5 Å². The van der Waals surface area contributed by atoms with Crippen LogP contribution in [-0.2, 0) is 6.54 Å². The van der Waals surface area contributed by atoms with Gasteiger partial charge >= 0.3 is 0 Å². The maximum atomic E-state index is 11.8. The van der Waals surface area contributed by atoms with E-state index in [0.717, 1.165) is 22.8 Å². The quantitative estimate of drug-likeness (QED) is 0.517. The summed E-state index contributed by atoms with van der Waals surface area (Å²) in [6, 6.07) is 11.5. The van der Waals surface area contributed by atoms with Crippen molar-refractivity contribution in [3.05, 3.63) is 47.9 Å². The first-order valence-electron chi connectivity index (χ1n) is 7.97. The Balaban J connectivity index is 1.44. The molecule has 0 atom stereocenters. The molecule has 1 aromatic carbocycles. The molecule has 0 saturated heterocycles. The molecule has 0 unspecified atom stereocenters. The molecule has 4 N–H and O–H groups in total. The Morgan fingerprint density at radius 2 is 2.12 bits per heavy atom. The van der Waals surface area contributed by atoms with Gasteiger partial charge in [0.15, 0.2) is 0 Å². The maximum absolute atomic E-state index is 11.8. The highest BCUT2D eigenvalue weighted by molar-refractivity contribution is 5.95. The van der Waals surface area contributed by atoms with E-state index in [-0.39, 0.29) is 11.5 Å². The average Bonchev–Trinajstić information content (AvgIpc) is 3.30. The van der Waals surface area contributed by atoms with Crippen molar-refractivity contribution in [2.45, 2.75) is 6.54 Å². The summed E-state index contributed by atoms with van der Waals surface area (Å²) in [7, 11) is 1.63. The molecule has 26 heavy (non-hydrogen) atoms. The van der Waals surface area contributed by atoms with Crippen LogP contribution in [0.5, 0.6) is 5.75 Å². The molecule has 0 aliphatic rings. The first-order valence-corrected chi connectivity index (χ1v) is 7.97. The van der Waals surface area contributed by atoms with Crippen molar-refractivity contribution >= 4 is 11.7 Å². The summed E-state index contributed by atoms with van der Waals surface area (Å²) in [4.78, 5) is 11.8. The number of rotatable bonds is 8. The minimum atomic E-state index is -0.427. The zero-order chi connectivity index (χ0) is 18.4. The summed E-state index contributed by atoms with van der Waals surface area (Å²) in [6.45, 7) is 1.48. The predicted molar refractivity (Wildman–Crippen MR) is 93.4 cm³/mol. The number of carbonyl (C=O) groups excluding carboxylic acids is 1. The number of nitrogens with zero attached hydrogens (tertiary/aromatic N) is 2. The predicted octanol–water partition coefficient (Wildman–Crippen LogP) is 1.44. The van der Waals surface area contributed by atoms with E-state index in [1.165, 1.54) is 0 Å². The van der Waals surface area contributed by atoms with Crippen molar-refractivity contribution < 1.29 is 18.6 Å². The Labute approximate surface area is 149 Å². The Bertz CT molecular complexity index is 873. The third-order valence-corrected chi connectivity index (χ3v) is 3.63. The molecule has 9 heteroatoms. The summed E-state index contributed by atoms with van der Waals surface area (Å²) in [5, 5.41) is 12.6. The van der Waals surface area contributed by atoms with Crippen LogP contribution in [-0.4, -0.2) is 36.4 Å². The number of aromatic nitrogens is 2. The van der Waals surface area contributed by atoms with Gasteiger partial charge in [-0.05, 0) is 34.6 Å². The highest BCUT2D eigenvalue weighted by Gasteiger charge is 2.14. The number of carbonyl (C=O) groups is 1. The van der Waals surface area contributed by atoms with Gasteiger partial charge in [-0.25, -0.2) is 4.63 Å². The molecule has 136 valence electrons. The molecule has 0 radical (unpaired) electrons. The number of nitrogens with two attached hydrogens (primary N) is 1. The van der Waals surface area contributed by atoms with Crippen molar-refractivity contribution in [3.8, 4) is 17.1 Å². The van der Waals surface area contributed by atoms with E-state index in [4.69, 9.17) is 14.9 Å². The highest BCUT2D eigenvalue weighted by atomic mass is 16.6. The molecule has 2 aromatic heterocycles. The number of nitrogen functional groups attached to an aromatic ring is 1. The Kier molecular flexibility index (Phi) is 5.49. The van der Waals surface area contributed by atoms with E-state index in [1.54, 1.807) is 7.11 Å². The van der Waals surface area contributed by atoms with Gasteiger partial charge in [-0.15, -0.1) is 0 Å². The number of amides is 1. The van der Waals surface area contributed by atoms with Gasteiger partial charge in [0.25, 0.3) is 5.91 Å². The largest absolute Gasteiger partial charge is 0.497 e. The molecule has 0 saturated carbocycles. The zero-order valence-electron chi connectivity index (χ0n) is 14.2. The highest BCUT2D eigenvalue weighted by Crippen LogP contribution is 2.25. The molecule has 9 nitrogen and oxygen atoms in total. The summed E-state index contributed by atoms with van der Waals surface area (Å²) in [5.74, 6) is 1.87. The van der Waals surface area contributed by atoms with Crippen LogP contribution in [0.3, 0.4) is 0 Å². The minimum absolute atomic E-state index is 0.0148. The van der Waals surface area contributed by atoms with Gasteiger partial charge in [-0.3, -0.25) is 4.79 Å². The van der Waals surface area contributed by atoms with Crippen molar-refractivity contribution in [2.24, 2.45) is 0 Å². The second kappa shape index (κ2) is 8.17. The minimum Gasteiger partial charge on any atom is -0.497 e. The number of hydrogen-bond donors (Lipinski definition) is 3. The Morgan fingerprint density at radius 1 is 1.23 bits per heavy atom. The topological polar surface area (TPSA) is 128 Å². The molecular weight excluding hydrogens is 338 g/mol. The van der Waals surface area contributed by atoms with Crippen molar-refractivity contribution in [3.63, 3.8) is 0 Å². The molecule has 0 aliphatic heterocycles. The number of furan rings is 1. The first kappa shape index (κ1) is 17.5. The van der Waals surface area contributed by atoms with Crippen LogP contribution in [0, 0.1) is 0 Å². The molecular formula is C17H19N5O4. The third-order valence-electron chi connectivity index (χ3n) is 3.63. The van der Waals surface area contributed by atoms with Gasteiger partial charge in [0.1, 0.15) is 17.3 Å². The van der Waals surface area contributed by atoms with Crippen molar-refractivity contribution in [1.82, 2.24) is 20.9 Å². The Morgan fingerprint density at radius 3 is 2.88 bits per heavy atom. The van der Waals surface area contributed by atoms with E-state index >= 15 is 0 Å². The second-order valence-electron chi connectivity index (χ2n) is 5.43. The fraction of sp³-hybridized carbons (Fsp3) is 0.235. The molecule has 1 amide bonds. The molecule has 0 aliphatic carbocycles. The first-order chi connectivity index (χ1) is 12.7. The standard InChI is InChI=1S/C17H19N5O4/c1-24-12-4-2-3-11(9-12)14-6-5-13(25-14)10-19-7-8-20-17(23)15-16(18)22-26-21-15/h2-6,9,19H,7-8,10H2,1H3,(H2,18,22)(H,20,23). The maximum Gasteiger partial charge on any atom is 0.277 e. The smallest absolute Gasteiger partial charge is 0.277 e. The lowest BCUT2D eigenvalue weighted by molar-refractivity contribution is 0.0944. The van der Waals surface area contributed by atoms with Crippen LogP contribution in [0.1, 0.15) is 16.2 Å². The number of nitrogens with one attached hydrogen (secondary N) is 2. The van der Waals surface area contributed by atoms with E-state index in [0.29, 0.717) is 19.6 Å². The van der Waals surface area contributed by atoms with E-state index in [2.05, 4.69) is 25.6 Å². The summed E-state index contributed by atoms with van der Waals surface area (Å²) in [5.41, 5.74) is 6.38. The third kappa shape index (κ3) is 4.19. The zero-order valence-corrected chi connectivity index (χ0v) is 14.2. The molecule has 0 bridgehead atoms. The fourth-order valence-electron chi connectivity index (χ4n) is 2.32.